The zero-order valence-electron chi connectivity index (χ0n) is 12.4. The third-order valence-corrected chi connectivity index (χ3v) is 3.22. The molecule has 0 bridgehead atoms. The standard InChI is InChI=1S/C14H29N3O/c1-5-15-14(16-8-6-12(2)3)17(4)10-13-7-9-18-11-13/h12-13H,5-11H2,1-4H3,(H,15,16). The Morgan fingerprint density at radius 2 is 2.28 bits per heavy atom. The van der Waals surface area contributed by atoms with Crippen LogP contribution in [-0.2, 0) is 4.74 Å². The van der Waals surface area contributed by atoms with E-state index in [1.165, 1.54) is 6.42 Å². The van der Waals surface area contributed by atoms with Gasteiger partial charge in [-0.15, -0.1) is 0 Å². The summed E-state index contributed by atoms with van der Waals surface area (Å²) in [5.41, 5.74) is 0. The van der Waals surface area contributed by atoms with Crippen LogP contribution in [0, 0.1) is 11.8 Å². The van der Waals surface area contributed by atoms with Crippen LogP contribution >= 0.6 is 0 Å². The molecule has 0 spiro atoms. The van der Waals surface area contributed by atoms with E-state index in [0.717, 1.165) is 45.2 Å². The van der Waals surface area contributed by atoms with Crippen molar-refractivity contribution in [3.05, 3.63) is 0 Å². The summed E-state index contributed by atoms with van der Waals surface area (Å²) in [6.07, 6.45) is 2.32. The Kier molecular flexibility index (Phi) is 7.09. The van der Waals surface area contributed by atoms with Gasteiger partial charge < -0.3 is 15.0 Å². The molecule has 0 radical (unpaired) electrons. The van der Waals surface area contributed by atoms with Crippen LogP contribution in [0.1, 0.15) is 33.6 Å². The van der Waals surface area contributed by atoms with Crippen LogP contribution in [0.4, 0.5) is 0 Å². The van der Waals surface area contributed by atoms with E-state index in [4.69, 9.17) is 4.74 Å². The molecule has 106 valence electrons. The molecule has 1 aliphatic heterocycles. The minimum absolute atomic E-state index is 0.656. The Labute approximate surface area is 112 Å². The van der Waals surface area contributed by atoms with Gasteiger partial charge in [-0.05, 0) is 25.7 Å². The summed E-state index contributed by atoms with van der Waals surface area (Å²) in [6.45, 7) is 11.3. The van der Waals surface area contributed by atoms with Gasteiger partial charge in [0.15, 0.2) is 5.96 Å². The number of hydrogen-bond donors (Lipinski definition) is 1. The van der Waals surface area contributed by atoms with E-state index in [1.54, 1.807) is 0 Å². The highest BCUT2D eigenvalue weighted by Crippen LogP contribution is 2.13. The first-order valence-electron chi connectivity index (χ1n) is 7.20. The maximum absolute atomic E-state index is 5.42. The lowest BCUT2D eigenvalue weighted by atomic mass is 10.1. The number of rotatable bonds is 6. The normalized spacial score (nSPS) is 20.5. The molecule has 0 aliphatic carbocycles. The molecule has 4 heteroatoms. The number of aliphatic imine (C=N–C) groups is 1. The minimum Gasteiger partial charge on any atom is -0.381 e. The van der Waals surface area contributed by atoms with Crippen molar-refractivity contribution in [3.8, 4) is 0 Å². The van der Waals surface area contributed by atoms with Crippen molar-refractivity contribution in [2.75, 3.05) is 39.9 Å². The van der Waals surface area contributed by atoms with Gasteiger partial charge in [-0.25, -0.2) is 0 Å². The van der Waals surface area contributed by atoms with Gasteiger partial charge in [-0.1, -0.05) is 13.8 Å². The molecule has 1 rings (SSSR count). The Balaban J connectivity index is 2.42. The minimum atomic E-state index is 0.656. The van der Waals surface area contributed by atoms with Crippen LogP contribution in [0.3, 0.4) is 0 Å². The molecule has 1 saturated heterocycles. The van der Waals surface area contributed by atoms with E-state index in [1.807, 2.05) is 0 Å². The first-order valence-corrected chi connectivity index (χ1v) is 7.20. The fraction of sp³-hybridized carbons (Fsp3) is 0.929. The maximum atomic E-state index is 5.42. The first kappa shape index (κ1) is 15.3. The Morgan fingerprint density at radius 1 is 1.50 bits per heavy atom. The summed E-state index contributed by atoms with van der Waals surface area (Å²) in [4.78, 5) is 6.93. The molecule has 1 unspecified atom stereocenters. The fourth-order valence-electron chi connectivity index (χ4n) is 2.10. The Bertz CT molecular complexity index is 247. The van der Waals surface area contributed by atoms with Crippen LogP contribution in [0.2, 0.25) is 0 Å². The van der Waals surface area contributed by atoms with Crippen LogP contribution in [0.25, 0.3) is 0 Å². The highest BCUT2D eigenvalue weighted by atomic mass is 16.5. The molecule has 0 aromatic heterocycles. The SMILES string of the molecule is CCNC(=NCCC(C)C)N(C)CC1CCOC1. The summed E-state index contributed by atoms with van der Waals surface area (Å²) in [6, 6.07) is 0. The van der Waals surface area contributed by atoms with Crippen molar-refractivity contribution in [2.24, 2.45) is 16.8 Å². The van der Waals surface area contributed by atoms with E-state index in [-0.39, 0.29) is 0 Å². The second-order valence-corrected chi connectivity index (χ2v) is 5.53. The average molecular weight is 255 g/mol. The van der Waals surface area contributed by atoms with Crippen LogP contribution in [0.5, 0.6) is 0 Å². The summed E-state index contributed by atoms with van der Waals surface area (Å²) < 4.78 is 5.42. The van der Waals surface area contributed by atoms with Gasteiger partial charge in [0.25, 0.3) is 0 Å². The molecule has 1 heterocycles. The quantitative estimate of drug-likeness (QED) is 0.582. The molecular weight excluding hydrogens is 226 g/mol. The second kappa shape index (κ2) is 8.35. The molecule has 0 saturated carbocycles. The topological polar surface area (TPSA) is 36.9 Å². The van der Waals surface area contributed by atoms with Crippen molar-refractivity contribution in [3.63, 3.8) is 0 Å². The summed E-state index contributed by atoms with van der Waals surface area (Å²) in [7, 11) is 2.12. The second-order valence-electron chi connectivity index (χ2n) is 5.53. The number of nitrogens with zero attached hydrogens (tertiary/aromatic N) is 2. The number of nitrogens with one attached hydrogen (secondary N) is 1. The molecule has 4 nitrogen and oxygen atoms in total. The summed E-state index contributed by atoms with van der Waals surface area (Å²) in [5, 5.41) is 3.37. The lowest BCUT2D eigenvalue weighted by Gasteiger charge is -2.24. The molecule has 1 aliphatic rings. The van der Waals surface area contributed by atoms with Crippen LogP contribution in [0.15, 0.2) is 4.99 Å². The Hall–Kier alpha value is -0.770. The molecule has 0 aromatic rings. The highest BCUT2D eigenvalue weighted by Gasteiger charge is 2.18. The molecule has 0 amide bonds. The predicted octanol–water partition coefficient (Wildman–Crippen LogP) is 1.97. The third kappa shape index (κ3) is 5.71. The van der Waals surface area contributed by atoms with Crippen molar-refractivity contribution in [1.29, 1.82) is 0 Å². The van der Waals surface area contributed by atoms with E-state index >= 15 is 0 Å². The number of guanidine groups is 1. The zero-order valence-corrected chi connectivity index (χ0v) is 12.4. The van der Waals surface area contributed by atoms with Crippen molar-refractivity contribution in [2.45, 2.75) is 33.6 Å². The molecule has 0 aromatic carbocycles. The third-order valence-electron chi connectivity index (χ3n) is 3.22. The molecular formula is C14H29N3O. The van der Waals surface area contributed by atoms with E-state index in [2.05, 4.69) is 43.0 Å². The van der Waals surface area contributed by atoms with Crippen molar-refractivity contribution in [1.82, 2.24) is 10.2 Å². The van der Waals surface area contributed by atoms with Crippen LogP contribution in [-0.4, -0.2) is 50.8 Å². The lowest BCUT2D eigenvalue weighted by molar-refractivity contribution is 0.181. The zero-order chi connectivity index (χ0) is 13.4. The van der Waals surface area contributed by atoms with Crippen molar-refractivity contribution < 1.29 is 4.74 Å². The predicted molar refractivity (Wildman–Crippen MR) is 77.0 cm³/mol. The van der Waals surface area contributed by atoms with Gasteiger partial charge in [-0.3, -0.25) is 4.99 Å². The highest BCUT2D eigenvalue weighted by molar-refractivity contribution is 5.79. The van der Waals surface area contributed by atoms with Gasteiger partial charge in [0.05, 0.1) is 6.61 Å². The largest absolute Gasteiger partial charge is 0.381 e. The molecule has 1 N–H and O–H groups in total. The van der Waals surface area contributed by atoms with Crippen LogP contribution < -0.4 is 5.32 Å². The van der Waals surface area contributed by atoms with Gasteiger partial charge in [0.1, 0.15) is 0 Å². The molecule has 18 heavy (non-hydrogen) atoms. The van der Waals surface area contributed by atoms with Gasteiger partial charge in [0.2, 0.25) is 0 Å². The van der Waals surface area contributed by atoms with E-state index in [9.17, 15) is 0 Å². The molecule has 1 atom stereocenters. The van der Waals surface area contributed by atoms with Crippen molar-refractivity contribution >= 4 is 5.96 Å². The number of ether oxygens (including phenoxy) is 1. The first-order chi connectivity index (χ1) is 8.63. The number of hydrogen-bond acceptors (Lipinski definition) is 2. The summed E-state index contributed by atoms with van der Waals surface area (Å²) in [5.74, 6) is 2.40. The van der Waals surface area contributed by atoms with Gasteiger partial charge in [0, 0.05) is 39.2 Å². The molecule has 1 fully saturated rings. The summed E-state index contributed by atoms with van der Waals surface area (Å²) >= 11 is 0. The monoisotopic (exact) mass is 255 g/mol. The van der Waals surface area contributed by atoms with E-state index in [0.29, 0.717) is 11.8 Å². The smallest absolute Gasteiger partial charge is 0.193 e. The van der Waals surface area contributed by atoms with E-state index < -0.39 is 0 Å². The van der Waals surface area contributed by atoms with Gasteiger partial charge in [-0.2, -0.15) is 0 Å². The lowest BCUT2D eigenvalue weighted by Crippen LogP contribution is -2.41. The Morgan fingerprint density at radius 3 is 2.83 bits per heavy atom. The average Bonchev–Trinajstić information content (AvgIpc) is 2.80. The maximum Gasteiger partial charge on any atom is 0.193 e. The fourth-order valence-corrected chi connectivity index (χ4v) is 2.10. The van der Waals surface area contributed by atoms with Gasteiger partial charge >= 0.3 is 0 Å².